The van der Waals surface area contributed by atoms with E-state index < -0.39 is 6.04 Å². The summed E-state index contributed by atoms with van der Waals surface area (Å²) in [4.78, 5) is 28.5. The van der Waals surface area contributed by atoms with E-state index in [1.54, 1.807) is 36.3 Å². The van der Waals surface area contributed by atoms with Crippen molar-refractivity contribution in [2.45, 2.75) is 12.6 Å². The smallest absolute Gasteiger partial charge is 0.291 e. The van der Waals surface area contributed by atoms with E-state index in [4.69, 9.17) is 9.15 Å². The van der Waals surface area contributed by atoms with Crippen LogP contribution >= 0.6 is 0 Å². The zero-order valence-electron chi connectivity index (χ0n) is 16.4. The van der Waals surface area contributed by atoms with Crippen LogP contribution < -0.4 is 10.2 Å². The number of ether oxygens (including phenoxy) is 1. The van der Waals surface area contributed by atoms with Crippen LogP contribution in [0.5, 0.6) is 5.75 Å². The van der Waals surface area contributed by atoms with Gasteiger partial charge in [-0.3, -0.25) is 9.59 Å². The zero-order valence-corrected chi connectivity index (χ0v) is 16.4. The third kappa shape index (κ3) is 2.87. The maximum atomic E-state index is 13.4. The number of para-hydroxylation sites is 1. The van der Waals surface area contributed by atoms with Gasteiger partial charge < -0.3 is 14.1 Å². The van der Waals surface area contributed by atoms with Gasteiger partial charge in [-0.05, 0) is 35.4 Å². The van der Waals surface area contributed by atoms with Crippen LogP contribution in [0.25, 0.3) is 11.0 Å². The van der Waals surface area contributed by atoms with Crippen LogP contribution in [-0.2, 0) is 6.54 Å². The lowest BCUT2D eigenvalue weighted by molar-refractivity contribution is 0.0714. The number of benzene rings is 3. The van der Waals surface area contributed by atoms with Crippen molar-refractivity contribution in [3.8, 4) is 5.75 Å². The van der Waals surface area contributed by atoms with Crippen molar-refractivity contribution < 1.29 is 13.9 Å². The number of hydrogen-bond donors (Lipinski definition) is 0. The van der Waals surface area contributed by atoms with E-state index in [0.29, 0.717) is 28.8 Å². The molecule has 1 atom stereocenters. The molecule has 0 unspecified atom stereocenters. The Labute approximate surface area is 173 Å². The maximum absolute atomic E-state index is 13.4. The van der Waals surface area contributed by atoms with Gasteiger partial charge in [-0.25, -0.2) is 0 Å². The molecule has 5 rings (SSSR count). The maximum Gasteiger partial charge on any atom is 0.291 e. The summed E-state index contributed by atoms with van der Waals surface area (Å²) in [5, 5.41) is 0.471. The normalized spacial score (nSPS) is 15.4. The van der Waals surface area contributed by atoms with Crippen molar-refractivity contribution in [3.05, 3.63) is 112 Å². The predicted molar refractivity (Wildman–Crippen MR) is 114 cm³/mol. The Morgan fingerprint density at radius 1 is 0.933 bits per heavy atom. The Morgan fingerprint density at radius 3 is 2.50 bits per heavy atom. The van der Waals surface area contributed by atoms with Gasteiger partial charge in [-0.15, -0.1) is 0 Å². The van der Waals surface area contributed by atoms with Crippen LogP contribution in [0.15, 0.2) is 88.1 Å². The average Bonchev–Trinajstić information content (AvgIpc) is 3.06. The average molecular weight is 397 g/mol. The molecule has 5 heteroatoms. The number of methoxy groups -OCH3 is 1. The van der Waals surface area contributed by atoms with Crippen LogP contribution in [0.4, 0.5) is 0 Å². The van der Waals surface area contributed by atoms with Crippen molar-refractivity contribution in [3.63, 3.8) is 0 Å². The number of carbonyl (C=O) groups excluding carboxylic acids is 1. The van der Waals surface area contributed by atoms with E-state index in [1.807, 2.05) is 54.6 Å². The summed E-state index contributed by atoms with van der Waals surface area (Å²) in [5.74, 6) is 0.491. The lowest BCUT2D eigenvalue weighted by Gasteiger charge is -2.25. The summed E-state index contributed by atoms with van der Waals surface area (Å²) < 4.78 is 11.3. The highest BCUT2D eigenvalue weighted by Gasteiger charge is 2.42. The largest absolute Gasteiger partial charge is 0.497 e. The highest BCUT2D eigenvalue weighted by Crippen LogP contribution is 2.39. The Balaban J connectivity index is 1.74. The molecule has 1 aromatic heterocycles. The molecular weight excluding hydrogens is 378 g/mol. The first-order valence-corrected chi connectivity index (χ1v) is 9.72. The molecule has 3 aromatic carbocycles. The van der Waals surface area contributed by atoms with Gasteiger partial charge in [0.2, 0.25) is 5.76 Å². The van der Waals surface area contributed by atoms with Gasteiger partial charge in [-0.2, -0.15) is 0 Å². The summed E-state index contributed by atoms with van der Waals surface area (Å²) in [5.41, 5.74) is 2.40. The first-order chi connectivity index (χ1) is 14.7. The van der Waals surface area contributed by atoms with E-state index in [1.165, 1.54) is 0 Å². The summed E-state index contributed by atoms with van der Waals surface area (Å²) in [6, 6.07) is 23.7. The number of nitrogens with zero attached hydrogens (tertiary/aromatic N) is 1. The van der Waals surface area contributed by atoms with Crippen molar-refractivity contribution in [2.24, 2.45) is 0 Å². The predicted octanol–water partition coefficient (Wildman–Crippen LogP) is 4.55. The second-order valence-corrected chi connectivity index (χ2v) is 7.27. The Kier molecular flexibility index (Phi) is 4.36. The van der Waals surface area contributed by atoms with Crippen LogP contribution in [0.3, 0.4) is 0 Å². The lowest BCUT2D eigenvalue weighted by Crippen LogP contribution is -2.29. The number of rotatable bonds is 4. The minimum Gasteiger partial charge on any atom is -0.497 e. The van der Waals surface area contributed by atoms with Gasteiger partial charge in [-0.1, -0.05) is 54.6 Å². The van der Waals surface area contributed by atoms with E-state index in [-0.39, 0.29) is 17.1 Å². The number of carbonyl (C=O) groups is 1. The molecule has 0 aliphatic carbocycles. The Bertz CT molecular complexity index is 1310. The Morgan fingerprint density at radius 2 is 1.70 bits per heavy atom. The number of fused-ring (bicyclic) bond motifs is 2. The van der Waals surface area contributed by atoms with Crippen molar-refractivity contribution in [2.75, 3.05) is 7.11 Å². The fourth-order valence-corrected chi connectivity index (χ4v) is 4.07. The standard InChI is InChI=1S/C25H19NO4/c1-29-18-11-7-10-17(14-18)22-21-23(27)19-12-5-6-13-20(19)30-24(21)25(28)26(22)15-16-8-3-2-4-9-16/h2-14,22H,15H2,1H3/t22-/m1/s1. The highest BCUT2D eigenvalue weighted by atomic mass is 16.5. The summed E-state index contributed by atoms with van der Waals surface area (Å²) in [7, 11) is 1.59. The molecule has 0 bridgehead atoms. The molecule has 1 aliphatic heterocycles. The molecule has 2 heterocycles. The molecule has 148 valence electrons. The van der Waals surface area contributed by atoms with Gasteiger partial charge in [0.1, 0.15) is 11.3 Å². The van der Waals surface area contributed by atoms with E-state index in [0.717, 1.165) is 11.1 Å². The lowest BCUT2D eigenvalue weighted by atomic mass is 9.98. The molecule has 0 saturated heterocycles. The number of hydrogen-bond acceptors (Lipinski definition) is 4. The third-order valence-electron chi connectivity index (χ3n) is 5.48. The molecule has 0 N–H and O–H groups in total. The van der Waals surface area contributed by atoms with Crippen LogP contribution in [0.2, 0.25) is 0 Å². The second kappa shape index (κ2) is 7.19. The Hall–Kier alpha value is -3.86. The first-order valence-electron chi connectivity index (χ1n) is 9.72. The molecule has 0 saturated carbocycles. The molecule has 0 spiro atoms. The van der Waals surface area contributed by atoms with Crippen LogP contribution in [-0.4, -0.2) is 17.9 Å². The summed E-state index contributed by atoms with van der Waals surface area (Å²) in [6.07, 6.45) is 0. The fourth-order valence-electron chi connectivity index (χ4n) is 4.07. The van der Waals surface area contributed by atoms with Gasteiger partial charge >= 0.3 is 0 Å². The minimum atomic E-state index is -0.552. The fraction of sp³-hybridized carbons (Fsp3) is 0.120. The molecular formula is C25H19NO4. The van der Waals surface area contributed by atoms with Gasteiger partial charge in [0.25, 0.3) is 5.91 Å². The van der Waals surface area contributed by atoms with Gasteiger partial charge in [0, 0.05) is 6.54 Å². The van der Waals surface area contributed by atoms with Gasteiger partial charge in [0.05, 0.1) is 24.1 Å². The molecule has 0 radical (unpaired) electrons. The topological polar surface area (TPSA) is 59.8 Å². The minimum absolute atomic E-state index is 0.113. The molecule has 4 aromatic rings. The first kappa shape index (κ1) is 18.2. The van der Waals surface area contributed by atoms with E-state index in [9.17, 15) is 9.59 Å². The molecule has 30 heavy (non-hydrogen) atoms. The zero-order chi connectivity index (χ0) is 20.7. The molecule has 5 nitrogen and oxygen atoms in total. The molecule has 1 aliphatic rings. The summed E-state index contributed by atoms with van der Waals surface area (Å²) >= 11 is 0. The van der Waals surface area contributed by atoms with E-state index in [2.05, 4.69) is 0 Å². The van der Waals surface area contributed by atoms with Crippen LogP contribution in [0.1, 0.15) is 33.3 Å². The SMILES string of the molecule is COc1cccc([C@@H]2c3c(oc4ccccc4c3=O)C(=O)N2Cc2ccccc2)c1. The van der Waals surface area contributed by atoms with Crippen LogP contribution in [0, 0.1) is 0 Å². The monoisotopic (exact) mass is 397 g/mol. The summed E-state index contributed by atoms with van der Waals surface area (Å²) in [6.45, 7) is 0.363. The quantitative estimate of drug-likeness (QED) is 0.507. The molecule has 1 amide bonds. The van der Waals surface area contributed by atoms with Gasteiger partial charge in [0.15, 0.2) is 5.43 Å². The van der Waals surface area contributed by atoms with Crippen molar-refractivity contribution in [1.29, 1.82) is 0 Å². The van der Waals surface area contributed by atoms with Crippen molar-refractivity contribution >= 4 is 16.9 Å². The second-order valence-electron chi connectivity index (χ2n) is 7.27. The van der Waals surface area contributed by atoms with E-state index >= 15 is 0 Å². The highest BCUT2D eigenvalue weighted by molar-refractivity contribution is 5.99. The van der Waals surface area contributed by atoms with Crippen molar-refractivity contribution in [1.82, 2.24) is 4.90 Å². The number of amides is 1. The third-order valence-corrected chi connectivity index (χ3v) is 5.48. The molecule has 0 fully saturated rings.